The Hall–Kier alpha value is -1.55. The minimum absolute atomic E-state index is 0.0593. The molecule has 1 N–H and O–H groups in total. The van der Waals surface area contributed by atoms with Crippen LogP contribution in [-0.4, -0.2) is 31.7 Å². The first-order valence-corrected chi connectivity index (χ1v) is 6.33. The lowest BCUT2D eigenvalue weighted by molar-refractivity contribution is 0.0805. The molecule has 0 aliphatic carbocycles. The summed E-state index contributed by atoms with van der Waals surface area (Å²) >= 11 is 0. The number of Topliss-reactive ketones (excluding diaryl/α,β-unsaturated/α-hetero) is 1. The lowest BCUT2D eigenvalue weighted by Crippen LogP contribution is -2.24. The number of ether oxygens (including phenoxy) is 2. The molecular formula is C15H22O4. The van der Waals surface area contributed by atoms with Crippen LogP contribution in [0.25, 0.3) is 0 Å². The summed E-state index contributed by atoms with van der Waals surface area (Å²) in [6.45, 7) is 5.55. The minimum Gasteiger partial charge on any atom is -0.493 e. The number of hydrogen-bond acceptors (Lipinski definition) is 4. The van der Waals surface area contributed by atoms with E-state index in [2.05, 4.69) is 0 Å². The molecule has 0 heterocycles. The van der Waals surface area contributed by atoms with Crippen LogP contribution in [0.4, 0.5) is 0 Å². The summed E-state index contributed by atoms with van der Waals surface area (Å²) in [7, 11) is 3.09. The summed E-state index contributed by atoms with van der Waals surface area (Å²) in [6, 6.07) is 3.46. The lowest BCUT2D eigenvalue weighted by Gasteiger charge is -2.19. The van der Waals surface area contributed by atoms with Gasteiger partial charge in [-0.25, -0.2) is 0 Å². The number of rotatable bonds is 6. The highest BCUT2D eigenvalue weighted by Crippen LogP contribution is 2.32. The summed E-state index contributed by atoms with van der Waals surface area (Å²) in [5, 5.41) is 9.37. The van der Waals surface area contributed by atoms with Crippen LogP contribution in [0.3, 0.4) is 0 Å². The van der Waals surface area contributed by atoms with Crippen LogP contribution < -0.4 is 9.47 Å². The summed E-state index contributed by atoms with van der Waals surface area (Å²) in [4.78, 5) is 12.4. The van der Waals surface area contributed by atoms with E-state index in [0.717, 1.165) is 5.56 Å². The molecule has 1 atom stereocenters. The highest BCUT2D eigenvalue weighted by molar-refractivity contribution is 6.00. The largest absolute Gasteiger partial charge is 0.493 e. The molecule has 0 bridgehead atoms. The molecule has 0 fully saturated rings. The van der Waals surface area contributed by atoms with Crippen LogP contribution in [0, 0.1) is 18.8 Å². The fraction of sp³-hybridized carbons (Fsp3) is 0.533. The molecule has 0 aromatic heterocycles. The fourth-order valence-electron chi connectivity index (χ4n) is 2.04. The van der Waals surface area contributed by atoms with Gasteiger partial charge in [0.15, 0.2) is 17.3 Å². The second kappa shape index (κ2) is 6.57. The van der Waals surface area contributed by atoms with E-state index in [-0.39, 0.29) is 18.3 Å². The van der Waals surface area contributed by atoms with Crippen molar-refractivity contribution in [3.05, 3.63) is 23.3 Å². The molecule has 1 aromatic rings. The number of methoxy groups -OCH3 is 2. The molecule has 1 unspecified atom stereocenters. The molecule has 0 saturated carbocycles. The van der Waals surface area contributed by atoms with Gasteiger partial charge in [-0.2, -0.15) is 0 Å². The van der Waals surface area contributed by atoms with E-state index in [4.69, 9.17) is 9.47 Å². The van der Waals surface area contributed by atoms with Crippen LogP contribution in [0.2, 0.25) is 0 Å². The number of aliphatic hydroxyl groups is 1. The van der Waals surface area contributed by atoms with Gasteiger partial charge in [-0.1, -0.05) is 13.8 Å². The van der Waals surface area contributed by atoms with Crippen LogP contribution in [0.5, 0.6) is 11.5 Å². The zero-order valence-electron chi connectivity index (χ0n) is 12.2. The average Bonchev–Trinajstić information content (AvgIpc) is 2.38. The van der Waals surface area contributed by atoms with E-state index in [9.17, 15) is 9.90 Å². The maximum Gasteiger partial charge on any atom is 0.168 e. The van der Waals surface area contributed by atoms with Gasteiger partial charge >= 0.3 is 0 Å². The second-order valence-corrected chi connectivity index (χ2v) is 4.92. The number of aliphatic hydroxyl groups excluding tert-OH is 1. The van der Waals surface area contributed by atoms with Crippen molar-refractivity contribution in [1.29, 1.82) is 0 Å². The molecule has 4 nitrogen and oxygen atoms in total. The standard InChI is InChI=1S/C15H22O4/c1-9(2)12(8-16)15(17)11-7-14(19-5)13(18-4)6-10(11)3/h6-7,9,12,16H,8H2,1-5H3. The van der Waals surface area contributed by atoms with Gasteiger partial charge in [-0.05, 0) is 30.5 Å². The number of hydrogen-bond donors (Lipinski definition) is 1. The van der Waals surface area contributed by atoms with E-state index in [1.165, 1.54) is 7.11 Å². The lowest BCUT2D eigenvalue weighted by atomic mass is 9.87. The summed E-state index contributed by atoms with van der Waals surface area (Å²) in [5.41, 5.74) is 1.40. The molecule has 106 valence electrons. The molecule has 19 heavy (non-hydrogen) atoms. The zero-order chi connectivity index (χ0) is 14.6. The van der Waals surface area contributed by atoms with E-state index < -0.39 is 5.92 Å². The third-order valence-corrected chi connectivity index (χ3v) is 3.33. The van der Waals surface area contributed by atoms with Gasteiger partial charge in [-0.3, -0.25) is 4.79 Å². The van der Waals surface area contributed by atoms with E-state index in [1.807, 2.05) is 20.8 Å². The van der Waals surface area contributed by atoms with Gasteiger partial charge in [0.1, 0.15) is 0 Å². The van der Waals surface area contributed by atoms with Crippen molar-refractivity contribution in [2.24, 2.45) is 11.8 Å². The Morgan fingerprint density at radius 3 is 2.16 bits per heavy atom. The molecule has 0 radical (unpaired) electrons. The predicted octanol–water partition coefficient (Wildman–Crippen LogP) is 2.46. The first-order chi connectivity index (χ1) is 8.96. The van der Waals surface area contributed by atoms with Gasteiger partial charge in [-0.15, -0.1) is 0 Å². The third-order valence-electron chi connectivity index (χ3n) is 3.33. The van der Waals surface area contributed by atoms with Gasteiger partial charge in [0.05, 0.1) is 20.8 Å². The number of carbonyl (C=O) groups excluding carboxylic acids is 1. The van der Waals surface area contributed by atoms with Gasteiger partial charge < -0.3 is 14.6 Å². The smallest absolute Gasteiger partial charge is 0.168 e. The fourth-order valence-corrected chi connectivity index (χ4v) is 2.04. The van der Waals surface area contributed by atoms with E-state index in [1.54, 1.807) is 19.2 Å². The van der Waals surface area contributed by atoms with E-state index in [0.29, 0.717) is 17.1 Å². The first kappa shape index (κ1) is 15.5. The van der Waals surface area contributed by atoms with Crippen LogP contribution in [0.15, 0.2) is 12.1 Å². The molecular weight excluding hydrogens is 244 g/mol. The van der Waals surface area contributed by atoms with Crippen LogP contribution in [0.1, 0.15) is 29.8 Å². The van der Waals surface area contributed by atoms with Crippen molar-refractivity contribution >= 4 is 5.78 Å². The predicted molar refractivity (Wildman–Crippen MR) is 74.0 cm³/mol. The summed E-state index contributed by atoms with van der Waals surface area (Å²) < 4.78 is 10.4. The van der Waals surface area contributed by atoms with Crippen molar-refractivity contribution < 1.29 is 19.4 Å². The van der Waals surface area contributed by atoms with Crippen molar-refractivity contribution in [3.8, 4) is 11.5 Å². The van der Waals surface area contributed by atoms with Crippen LogP contribution >= 0.6 is 0 Å². The quantitative estimate of drug-likeness (QED) is 0.804. The Labute approximate surface area is 114 Å². The maximum absolute atomic E-state index is 12.4. The normalized spacial score (nSPS) is 12.4. The van der Waals surface area contributed by atoms with Crippen molar-refractivity contribution in [3.63, 3.8) is 0 Å². The topological polar surface area (TPSA) is 55.8 Å². The molecule has 0 saturated heterocycles. The third kappa shape index (κ3) is 3.26. The minimum atomic E-state index is -0.392. The van der Waals surface area contributed by atoms with Crippen molar-refractivity contribution in [1.82, 2.24) is 0 Å². The Bertz CT molecular complexity index is 452. The molecule has 0 aliphatic heterocycles. The number of carbonyl (C=O) groups is 1. The molecule has 0 amide bonds. The van der Waals surface area contributed by atoms with Gasteiger partial charge in [0, 0.05) is 11.5 Å². The van der Waals surface area contributed by atoms with Gasteiger partial charge in [0.2, 0.25) is 0 Å². The van der Waals surface area contributed by atoms with E-state index >= 15 is 0 Å². The number of aryl methyl sites for hydroxylation is 1. The molecule has 4 heteroatoms. The zero-order valence-corrected chi connectivity index (χ0v) is 12.2. The second-order valence-electron chi connectivity index (χ2n) is 4.92. The molecule has 0 aliphatic rings. The maximum atomic E-state index is 12.4. The monoisotopic (exact) mass is 266 g/mol. The number of ketones is 1. The van der Waals surface area contributed by atoms with Crippen molar-refractivity contribution in [2.45, 2.75) is 20.8 Å². The Kier molecular flexibility index (Phi) is 5.36. The Morgan fingerprint density at radius 2 is 1.74 bits per heavy atom. The SMILES string of the molecule is COc1cc(C)c(C(=O)C(CO)C(C)C)cc1OC. The molecule has 0 spiro atoms. The molecule has 1 aromatic carbocycles. The average molecular weight is 266 g/mol. The highest BCUT2D eigenvalue weighted by Gasteiger charge is 2.25. The summed E-state index contributed by atoms with van der Waals surface area (Å²) in [6.07, 6.45) is 0. The highest BCUT2D eigenvalue weighted by atomic mass is 16.5. The van der Waals surface area contributed by atoms with Crippen molar-refractivity contribution in [2.75, 3.05) is 20.8 Å². The summed E-state index contributed by atoms with van der Waals surface area (Å²) in [5.74, 6) is 0.760. The van der Waals surface area contributed by atoms with Gasteiger partial charge in [0.25, 0.3) is 0 Å². The Morgan fingerprint density at radius 1 is 1.21 bits per heavy atom. The van der Waals surface area contributed by atoms with Crippen LogP contribution in [-0.2, 0) is 0 Å². The number of benzene rings is 1. The Balaban J connectivity index is 3.23. The first-order valence-electron chi connectivity index (χ1n) is 6.33. The molecule has 1 rings (SSSR count).